The minimum Gasteiger partial charge on any atom is -0.465 e. The molecule has 0 bridgehead atoms. The quantitative estimate of drug-likeness (QED) is 0.813. The fourth-order valence-corrected chi connectivity index (χ4v) is 3.10. The summed E-state index contributed by atoms with van der Waals surface area (Å²) in [7, 11) is 3.50. The lowest BCUT2D eigenvalue weighted by atomic mass is 10.2. The maximum atomic E-state index is 11.4. The molecule has 1 aliphatic rings. The van der Waals surface area contributed by atoms with E-state index in [2.05, 4.69) is 22.0 Å². The number of likely N-dealkylation sites (N-methyl/N-ethyl adjacent to an activating group) is 1. The van der Waals surface area contributed by atoms with Crippen LogP contribution in [0.25, 0.3) is 0 Å². The van der Waals surface area contributed by atoms with Crippen LogP contribution in [0.3, 0.4) is 0 Å². The lowest BCUT2D eigenvalue weighted by Crippen LogP contribution is -2.31. The largest absolute Gasteiger partial charge is 0.465 e. The van der Waals surface area contributed by atoms with Crippen LogP contribution in [0.5, 0.6) is 0 Å². The van der Waals surface area contributed by atoms with Crippen LogP contribution in [0.15, 0.2) is 6.07 Å². The van der Waals surface area contributed by atoms with Gasteiger partial charge in [-0.2, -0.15) is 0 Å². The molecule has 6 heteroatoms. The highest BCUT2D eigenvalue weighted by molar-refractivity contribution is 7.18. The summed E-state index contributed by atoms with van der Waals surface area (Å²) in [4.78, 5) is 14.3. The summed E-state index contributed by atoms with van der Waals surface area (Å²) in [6.07, 6.45) is 2.47. The number of thiophene rings is 1. The highest BCUT2D eigenvalue weighted by Gasteiger charge is 2.21. The van der Waals surface area contributed by atoms with Gasteiger partial charge in [0.05, 0.1) is 17.8 Å². The van der Waals surface area contributed by atoms with Crippen LogP contribution in [0.4, 0.5) is 10.7 Å². The molecule has 0 amide bonds. The predicted molar refractivity (Wildman–Crippen MR) is 74.2 cm³/mol. The first-order chi connectivity index (χ1) is 8.61. The lowest BCUT2D eigenvalue weighted by molar-refractivity contribution is 0.0607. The predicted octanol–water partition coefficient (Wildman–Crippen LogP) is 1.62. The first kappa shape index (κ1) is 13.2. The number of nitrogens with two attached hydrogens (primary N) is 1. The summed E-state index contributed by atoms with van der Waals surface area (Å²) in [6.45, 7) is 2.05. The van der Waals surface area contributed by atoms with Crippen molar-refractivity contribution in [3.05, 3.63) is 10.9 Å². The van der Waals surface area contributed by atoms with Crippen LogP contribution in [0.2, 0.25) is 0 Å². The van der Waals surface area contributed by atoms with Crippen LogP contribution < -0.4 is 11.1 Å². The minimum absolute atomic E-state index is 0.372. The molecule has 0 aliphatic carbocycles. The number of hydrogen-bond acceptors (Lipinski definition) is 6. The van der Waals surface area contributed by atoms with E-state index in [1.165, 1.54) is 31.3 Å². The molecule has 1 aliphatic heterocycles. The number of esters is 1. The molecule has 0 saturated carbocycles. The summed E-state index contributed by atoms with van der Waals surface area (Å²) in [5.41, 5.74) is 6.27. The summed E-state index contributed by atoms with van der Waals surface area (Å²) < 4.78 is 4.68. The van der Waals surface area contributed by atoms with Crippen LogP contribution in [-0.2, 0) is 4.74 Å². The van der Waals surface area contributed by atoms with E-state index in [1.54, 1.807) is 6.07 Å². The zero-order chi connectivity index (χ0) is 13.1. The van der Waals surface area contributed by atoms with E-state index < -0.39 is 0 Å². The summed E-state index contributed by atoms with van der Waals surface area (Å²) in [5, 5.41) is 4.27. The van der Waals surface area contributed by atoms with Gasteiger partial charge in [0.15, 0.2) is 0 Å². The number of carbonyl (C=O) groups is 1. The van der Waals surface area contributed by atoms with Gasteiger partial charge in [0.2, 0.25) is 0 Å². The van der Waals surface area contributed by atoms with Gasteiger partial charge in [-0.25, -0.2) is 4.79 Å². The summed E-state index contributed by atoms with van der Waals surface area (Å²) in [5.74, 6) is -0.372. The molecule has 2 rings (SSSR count). The van der Waals surface area contributed by atoms with E-state index in [0.717, 1.165) is 18.1 Å². The maximum absolute atomic E-state index is 11.4. The van der Waals surface area contributed by atoms with Crippen molar-refractivity contribution in [1.82, 2.24) is 4.90 Å². The molecule has 0 spiro atoms. The fourth-order valence-electron chi connectivity index (χ4n) is 2.20. The van der Waals surface area contributed by atoms with E-state index in [9.17, 15) is 4.79 Å². The van der Waals surface area contributed by atoms with Gasteiger partial charge in [-0.3, -0.25) is 0 Å². The van der Waals surface area contributed by atoms with Gasteiger partial charge in [0.1, 0.15) is 4.88 Å². The van der Waals surface area contributed by atoms with Crippen molar-refractivity contribution in [2.24, 2.45) is 0 Å². The standard InChI is InChI=1S/C12H19N3O2S/c1-15-5-3-4-8(15)7-14-10-6-9(13)11(18-10)12(16)17-2/h6,8,14H,3-5,7,13H2,1-2H3. The monoisotopic (exact) mass is 269 g/mol. The molecule has 5 nitrogen and oxygen atoms in total. The molecule has 0 aromatic carbocycles. The second kappa shape index (κ2) is 5.58. The maximum Gasteiger partial charge on any atom is 0.350 e. The van der Waals surface area contributed by atoms with E-state index in [0.29, 0.717) is 16.6 Å². The Kier molecular flexibility index (Phi) is 4.08. The molecule has 1 atom stereocenters. The number of nitrogens with zero attached hydrogens (tertiary/aromatic N) is 1. The number of nitrogen functional groups attached to an aromatic ring is 1. The number of hydrogen-bond donors (Lipinski definition) is 2. The second-order valence-electron chi connectivity index (χ2n) is 4.54. The van der Waals surface area contributed by atoms with Gasteiger partial charge in [-0.15, -0.1) is 11.3 Å². The molecule has 1 fully saturated rings. The normalized spacial score (nSPS) is 20.0. The van der Waals surface area contributed by atoms with Gasteiger partial charge >= 0.3 is 5.97 Å². The average Bonchev–Trinajstić information content (AvgIpc) is 2.92. The van der Waals surface area contributed by atoms with Crippen molar-refractivity contribution in [2.75, 3.05) is 38.3 Å². The molecule has 3 N–H and O–H groups in total. The van der Waals surface area contributed by atoms with Gasteiger partial charge in [0, 0.05) is 12.6 Å². The Labute approximate surface area is 111 Å². The van der Waals surface area contributed by atoms with E-state index in [-0.39, 0.29) is 5.97 Å². The number of methoxy groups -OCH3 is 1. The average molecular weight is 269 g/mol. The van der Waals surface area contributed by atoms with Gasteiger partial charge in [-0.05, 0) is 32.5 Å². The minimum atomic E-state index is -0.372. The number of likely N-dealkylation sites (tertiary alicyclic amines) is 1. The first-order valence-corrected chi connectivity index (χ1v) is 6.85. The van der Waals surface area contributed by atoms with Gasteiger partial charge in [0.25, 0.3) is 0 Å². The number of anilines is 2. The molecule has 0 radical (unpaired) electrons. The highest BCUT2D eigenvalue weighted by Crippen LogP contribution is 2.30. The van der Waals surface area contributed by atoms with Crippen LogP contribution in [0.1, 0.15) is 22.5 Å². The molecule has 1 saturated heterocycles. The van der Waals surface area contributed by atoms with Crippen molar-refractivity contribution in [2.45, 2.75) is 18.9 Å². The van der Waals surface area contributed by atoms with Crippen molar-refractivity contribution < 1.29 is 9.53 Å². The Balaban J connectivity index is 1.95. The fraction of sp³-hybridized carbons (Fsp3) is 0.583. The number of nitrogens with one attached hydrogen (secondary N) is 1. The van der Waals surface area contributed by atoms with E-state index in [4.69, 9.17) is 5.73 Å². The third kappa shape index (κ3) is 2.76. The zero-order valence-corrected chi connectivity index (χ0v) is 11.5. The van der Waals surface area contributed by atoms with Crippen LogP contribution in [-0.4, -0.2) is 44.2 Å². The summed E-state index contributed by atoms with van der Waals surface area (Å²) in [6, 6.07) is 2.36. The Morgan fingerprint density at radius 3 is 3.11 bits per heavy atom. The van der Waals surface area contributed by atoms with Gasteiger partial charge in [-0.1, -0.05) is 0 Å². The van der Waals surface area contributed by atoms with E-state index >= 15 is 0 Å². The van der Waals surface area contributed by atoms with Crippen molar-refractivity contribution in [3.63, 3.8) is 0 Å². The number of rotatable bonds is 4. The molecule has 1 aromatic heterocycles. The Hall–Kier alpha value is -1.27. The van der Waals surface area contributed by atoms with Crippen LogP contribution >= 0.6 is 11.3 Å². The van der Waals surface area contributed by atoms with Crippen molar-refractivity contribution >= 4 is 28.0 Å². The molecule has 100 valence electrons. The molecular formula is C12H19N3O2S. The Bertz CT molecular complexity index is 433. The third-order valence-electron chi connectivity index (χ3n) is 3.32. The van der Waals surface area contributed by atoms with E-state index in [1.807, 2.05) is 0 Å². The first-order valence-electron chi connectivity index (χ1n) is 6.03. The molecule has 1 aromatic rings. The Morgan fingerprint density at radius 2 is 2.50 bits per heavy atom. The molecular weight excluding hydrogens is 250 g/mol. The SMILES string of the molecule is COC(=O)c1sc(NCC2CCCN2C)cc1N. The van der Waals surface area contributed by atoms with Crippen LogP contribution in [0, 0.1) is 0 Å². The molecule has 2 heterocycles. The second-order valence-corrected chi connectivity index (χ2v) is 5.60. The molecule has 18 heavy (non-hydrogen) atoms. The van der Waals surface area contributed by atoms with Crippen molar-refractivity contribution in [1.29, 1.82) is 0 Å². The van der Waals surface area contributed by atoms with Gasteiger partial charge < -0.3 is 20.7 Å². The van der Waals surface area contributed by atoms with Crippen molar-refractivity contribution in [3.8, 4) is 0 Å². The highest BCUT2D eigenvalue weighted by atomic mass is 32.1. The summed E-state index contributed by atoms with van der Waals surface area (Å²) >= 11 is 1.35. The zero-order valence-electron chi connectivity index (χ0n) is 10.7. The topological polar surface area (TPSA) is 67.6 Å². The molecule has 1 unspecified atom stereocenters. The smallest absolute Gasteiger partial charge is 0.350 e. The Morgan fingerprint density at radius 1 is 1.72 bits per heavy atom. The lowest BCUT2D eigenvalue weighted by Gasteiger charge is -2.19. The third-order valence-corrected chi connectivity index (χ3v) is 4.40. The number of carbonyl (C=O) groups excluding carboxylic acids is 1. The number of ether oxygens (including phenoxy) is 1.